The SMILES string of the molecule is CCCN1CCOC(C(N)c2c(F)ccc(Br)c2F)C1. The van der Waals surface area contributed by atoms with Crippen LogP contribution in [0.1, 0.15) is 24.9 Å². The van der Waals surface area contributed by atoms with Crippen molar-refractivity contribution in [2.24, 2.45) is 5.73 Å². The van der Waals surface area contributed by atoms with E-state index in [4.69, 9.17) is 10.5 Å². The maximum atomic E-state index is 14.1. The van der Waals surface area contributed by atoms with Gasteiger partial charge in [0.1, 0.15) is 11.6 Å². The molecular weight excluding hydrogens is 330 g/mol. The molecule has 112 valence electrons. The molecule has 0 amide bonds. The maximum absolute atomic E-state index is 14.1. The Labute approximate surface area is 126 Å². The summed E-state index contributed by atoms with van der Waals surface area (Å²) in [5.74, 6) is -1.27. The molecule has 0 spiro atoms. The number of halogens is 3. The van der Waals surface area contributed by atoms with Crippen molar-refractivity contribution in [1.29, 1.82) is 0 Å². The van der Waals surface area contributed by atoms with Gasteiger partial charge in [0.25, 0.3) is 0 Å². The van der Waals surface area contributed by atoms with Crippen LogP contribution in [0.3, 0.4) is 0 Å². The Bertz CT molecular complexity index is 471. The molecule has 1 heterocycles. The highest BCUT2D eigenvalue weighted by Gasteiger charge is 2.30. The molecule has 2 atom stereocenters. The summed E-state index contributed by atoms with van der Waals surface area (Å²) >= 11 is 3.06. The van der Waals surface area contributed by atoms with Crippen molar-refractivity contribution in [3.05, 3.63) is 33.8 Å². The van der Waals surface area contributed by atoms with Crippen LogP contribution in [0.5, 0.6) is 0 Å². The van der Waals surface area contributed by atoms with Crippen LogP contribution in [0.4, 0.5) is 8.78 Å². The van der Waals surface area contributed by atoms with Crippen molar-refractivity contribution in [2.45, 2.75) is 25.5 Å². The minimum absolute atomic E-state index is 0.109. The smallest absolute Gasteiger partial charge is 0.145 e. The van der Waals surface area contributed by atoms with E-state index in [-0.39, 0.29) is 10.0 Å². The first-order valence-corrected chi connectivity index (χ1v) is 7.56. The number of hydrogen-bond donors (Lipinski definition) is 1. The van der Waals surface area contributed by atoms with Crippen LogP contribution in [0.15, 0.2) is 16.6 Å². The van der Waals surface area contributed by atoms with Gasteiger partial charge in [0.05, 0.1) is 23.2 Å². The predicted octanol–water partition coefficient (Wildman–Crippen LogP) is 2.84. The zero-order valence-corrected chi connectivity index (χ0v) is 13.0. The monoisotopic (exact) mass is 348 g/mol. The number of benzene rings is 1. The minimum Gasteiger partial charge on any atom is -0.374 e. The van der Waals surface area contributed by atoms with E-state index in [2.05, 4.69) is 27.8 Å². The molecule has 1 saturated heterocycles. The Hall–Kier alpha value is -0.560. The van der Waals surface area contributed by atoms with Gasteiger partial charge in [-0.25, -0.2) is 8.78 Å². The fourth-order valence-electron chi connectivity index (χ4n) is 2.50. The van der Waals surface area contributed by atoms with Crippen molar-refractivity contribution in [3.8, 4) is 0 Å². The molecule has 6 heteroatoms. The Morgan fingerprint density at radius 1 is 1.50 bits per heavy atom. The van der Waals surface area contributed by atoms with Gasteiger partial charge >= 0.3 is 0 Å². The molecule has 0 radical (unpaired) electrons. The summed E-state index contributed by atoms with van der Waals surface area (Å²) in [7, 11) is 0. The molecule has 1 aliphatic rings. The molecule has 0 bridgehead atoms. The third-order valence-electron chi connectivity index (χ3n) is 3.53. The summed E-state index contributed by atoms with van der Waals surface area (Å²) in [6, 6.07) is 1.74. The second-order valence-electron chi connectivity index (χ2n) is 4.99. The second kappa shape index (κ2) is 6.93. The second-order valence-corrected chi connectivity index (χ2v) is 5.85. The molecule has 1 aliphatic heterocycles. The van der Waals surface area contributed by atoms with Crippen molar-refractivity contribution in [1.82, 2.24) is 4.90 Å². The zero-order chi connectivity index (χ0) is 14.7. The van der Waals surface area contributed by atoms with Gasteiger partial charge in [-0.05, 0) is 41.0 Å². The molecule has 2 N–H and O–H groups in total. The van der Waals surface area contributed by atoms with E-state index in [1.165, 1.54) is 12.1 Å². The molecule has 0 saturated carbocycles. The first kappa shape index (κ1) is 15.8. The summed E-state index contributed by atoms with van der Waals surface area (Å²) < 4.78 is 33.8. The molecular formula is C14H19BrF2N2O. The summed E-state index contributed by atoms with van der Waals surface area (Å²) in [5, 5.41) is 0. The molecule has 20 heavy (non-hydrogen) atoms. The van der Waals surface area contributed by atoms with Crippen LogP contribution < -0.4 is 5.73 Å². The van der Waals surface area contributed by atoms with Crippen LogP contribution in [-0.4, -0.2) is 37.2 Å². The van der Waals surface area contributed by atoms with Crippen molar-refractivity contribution < 1.29 is 13.5 Å². The Balaban J connectivity index is 2.18. The van der Waals surface area contributed by atoms with Crippen molar-refractivity contribution in [3.63, 3.8) is 0 Å². The average Bonchev–Trinajstić information content (AvgIpc) is 2.44. The number of rotatable bonds is 4. The van der Waals surface area contributed by atoms with Gasteiger partial charge in [-0.1, -0.05) is 6.92 Å². The van der Waals surface area contributed by atoms with Crippen molar-refractivity contribution >= 4 is 15.9 Å². The van der Waals surface area contributed by atoms with Crippen LogP contribution in [-0.2, 0) is 4.74 Å². The third-order valence-corrected chi connectivity index (χ3v) is 4.14. The fourth-order valence-corrected chi connectivity index (χ4v) is 2.85. The Morgan fingerprint density at radius 2 is 2.25 bits per heavy atom. The normalized spacial score (nSPS) is 21.9. The molecule has 1 aromatic rings. The lowest BCUT2D eigenvalue weighted by Gasteiger charge is -2.35. The van der Waals surface area contributed by atoms with E-state index in [0.29, 0.717) is 13.2 Å². The lowest BCUT2D eigenvalue weighted by Crippen LogP contribution is -2.47. The summed E-state index contributed by atoms with van der Waals surface area (Å²) in [4.78, 5) is 2.21. The summed E-state index contributed by atoms with van der Waals surface area (Å²) in [6.45, 7) is 5.00. The maximum Gasteiger partial charge on any atom is 0.145 e. The van der Waals surface area contributed by atoms with Gasteiger partial charge in [-0.15, -0.1) is 0 Å². The fraction of sp³-hybridized carbons (Fsp3) is 0.571. The van der Waals surface area contributed by atoms with Gasteiger partial charge in [0, 0.05) is 18.7 Å². The van der Waals surface area contributed by atoms with Gasteiger partial charge in [-0.2, -0.15) is 0 Å². The zero-order valence-electron chi connectivity index (χ0n) is 11.4. The first-order chi connectivity index (χ1) is 9.54. The van der Waals surface area contributed by atoms with E-state index in [9.17, 15) is 8.78 Å². The molecule has 1 aromatic carbocycles. The van der Waals surface area contributed by atoms with Crippen molar-refractivity contribution in [2.75, 3.05) is 26.2 Å². The first-order valence-electron chi connectivity index (χ1n) is 6.77. The molecule has 2 unspecified atom stereocenters. The van der Waals surface area contributed by atoms with Crippen LogP contribution in [0, 0.1) is 11.6 Å². The summed E-state index contributed by atoms with van der Waals surface area (Å²) in [5.41, 5.74) is 5.94. The topological polar surface area (TPSA) is 38.5 Å². The van der Waals surface area contributed by atoms with Crippen LogP contribution in [0.25, 0.3) is 0 Å². The molecule has 0 aromatic heterocycles. The van der Waals surface area contributed by atoms with E-state index in [1.807, 2.05) is 0 Å². The number of nitrogens with zero attached hydrogens (tertiary/aromatic N) is 1. The third kappa shape index (κ3) is 3.36. The van der Waals surface area contributed by atoms with E-state index < -0.39 is 23.8 Å². The van der Waals surface area contributed by atoms with Crippen LogP contribution in [0.2, 0.25) is 0 Å². The number of hydrogen-bond acceptors (Lipinski definition) is 3. The average molecular weight is 349 g/mol. The number of nitrogens with two attached hydrogens (primary N) is 1. The molecule has 3 nitrogen and oxygen atoms in total. The van der Waals surface area contributed by atoms with E-state index >= 15 is 0 Å². The highest BCUT2D eigenvalue weighted by molar-refractivity contribution is 9.10. The number of ether oxygens (including phenoxy) is 1. The van der Waals surface area contributed by atoms with Crippen LogP contribution >= 0.6 is 15.9 Å². The van der Waals surface area contributed by atoms with Gasteiger partial charge in [-0.3, -0.25) is 4.90 Å². The van der Waals surface area contributed by atoms with E-state index in [1.54, 1.807) is 0 Å². The highest BCUT2D eigenvalue weighted by Crippen LogP contribution is 2.29. The molecule has 2 rings (SSSR count). The van der Waals surface area contributed by atoms with Gasteiger partial charge in [0.2, 0.25) is 0 Å². The lowest BCUT2D eigenvalue weighted by molar-refractivity contribution is -0.0417. The molecule has 0 aliphatic carbocycles. The lowest BCUT2D eigenvalue weighted by atomic mass is 9.99. The summed E-state index contributed by atoms with van der Waals surface area (Å²) in [6.07, 6.45) is 0.635. The standard InChI is InChI=1S/C14H19BrF2N2O/c1-2-5-19-6-7-20-11(8-19)14(18)12-10(16)4-3-9(15)13(12)17/h3-4,11,14H,2,5-8,18H2,1H3. The molecule has 1 fully saturated rings. The largest absolute Gasteiger partial charge is 0.374 e. The quantitative estimate of drug-likeness (QED) is 0.850. The Morgan fingerprint density at radius 3 is 2.95 bits per heavy atom. The minimum atomic E-state index is -0.813. The van der Waals surface area contributed by atoms with Gasteiger partial charge < -0.3 is 10.5 Å². The van der Waals surface area contributed by atoms with Gasteiger partial charge in [0.15, 0.2) is 0 Å². The predicted molar refractivity (Wildman–Crippen MR) is 77.5 cm³/mol. The highest BCUT2D eigenvalue weighted by atomic mass is 79.9. The Kier molecular flexibility index (Phi) is 5.49. The van der Waals surface area contributed by atoms with E-state index in [0.717, 1.165) is 19.5 Å². The number of morpholine rings is 1.